The van der Waals surface area contributed by atoms with E-state index in [0.29, 0.717) is 30.7 Å². The first-order chi connectivity index (χ1) is 14.6. The largest absolute Gasteiger partial charge is 0.477 e. The number of hydrogen-bond acceptors (Lipinski definition) is 6. The van der Waals surface area contributed by atoms with Crippen LogP contribution in [0.4, 0.5) is 0 Å². The van der Waals surface area contributed by atoms with Crippen molar-refractivity contribution in [2.75, 3.05) is 6.61 Å². The second-order valence-electron chi connectivity index (χ2n) is 7.39. The number of ether oxygens (including phenoxy) is 1. The van der Waals surface area contributed by atoms with Crippen molar-refractivity contribution in [3.8, 4) is 23.0 Å². The fourth-order valence-corrected chi connectivity index (χ4v) is 3.42. The number of aryl methyl sites for hydroxylation is 1. The molecular formula is C23H24N6O. The van der Waals surface area contributed by atoms with Crippen molar-refractivity contribution < 1.29 is 4.74 Å². The zero-order chi connectivity index (χ0) is 20.9. The maximum Gasteiger partial charge on any atom is 0.217 e. The van der Waals surface area contributed by atoms with Gasteiger partial charge in [-0.15, -0.1) is 5.10 Å². The Morgan fingerprint density at radius 1 is 1.00 bits per heavy atom. The van der Waals surface area contributed by atoms with Crippen LogP contribution in [0.3, 0.4) is 0 Å². The number of tetrazole rings is 1. The third kappa shape index (κ3) is 4.35. The van der Waals surface area contributed by atoms with Crippen LogP contribution in [0, 0.1) is 6.92 Å². The van der Waals surface area contributed by atoms with E-state index >= 15 is 0 Å². The molecule has 7 nitrogen and oxygen atoms in total. The summed E-state index contributed by atoms with van der Waals surface area (Å²) >= 11 is 0. The highest BCUT2D eigenvalue weighted by Crippen LogP contribution is 2.28. The molecule has 0 spiro atoms. The molecule has 0 atom stereocenters. The van der Waals surface area contributed by atoms with E-state index in [1.165, 1.54) is 5.56 Å². The normalized spacial score (nSPS) is 11.1. The zero-order valence-corrected chi connectivity index (χ0v) is 17.4. The summed E-state index contributed by atoms with van der Waals surface area (Å²) in [6.07, 6.45) is 2.29. The number of hydrogen-bond donors (Lipinski definition) is 0. The molecule has 7 heteroatoms. The van der Waals surface area contributed by atoms with Crippen molar-refractivity contribution in [2.45, 2.75) is 33.1 Å². The van der Waals surface area contributed by atoms with Crippen LogP contribution >= 0.6 is 0 Å². The van der Waals surface area contributed by atoms with Crippen LogP contribution in [0.5, 0.6) is 5.88 Å². The number of para-hydroxylation sites is 1. The Morgan fingerprint density at radius 3 is 2.60 bits per heavy atom. The van der Waals surface area contributed by atoms with E-state index in [1.54, 1.807) is 11.0 Å². The maximum absolute atomic E-state index is 6.01. The third-order valence-corrected chi connectivity index (χ3v) is 4.86. The van der Waals surface area contributed by atoms with E-state index < -0.39 is 0 Å². The number of benzene rings is 2. The van der Waals surface area contributed by atoms with Crippen molar-refractivity contribution in [1.82, 2.24) is 30.2 Å². The van der Waals surface area contributed by atoms with Gasteiger partial charge in [-0.2, -0.15) is 4.98 Å². The van der Waals surface area contributed by atoms with Gasteiger partial charge in [-0.1, -0.05) is 56.3 Å². The summed E-state index contributed by atoms with van der Waals surface area (Å²) in [5.74, 6) is 1.66. The Balaban J connectivity index is 1.52. The summed E-state index contributed by atoms with van der Waals surface area (Å²) in [6, 6.07) is 18.1. The molecule has 0 fully saturated rings. The number of aromatic nitrogens is 6. The predicted molar refractivity (Wildman–Crippen MR) is 115 cm³/mol. The summed E-state index contributed by atoms with van der Waals surface area (Å²) in [5, 5.41) is 11.4. The van der Waals surface area contributed by atoms with Crippen molar-refractivity contribution in [3.05, 3.63) is 77.7 Å². The maximum atomic E-state index is 6.01. The summed E-state index contributed by atoms with van der Waals surface area (Å²) in [5.41, 5.74) is 5.19. The van der Waals surface area contributed by atoms with Gasteiger partial charge in [-0.05, 0) is 40.5 Å². The van der Waals surface area contributed by atoms with Crippen LogP contribution in [0.15, 0.2) is 60.9 Å². The Morgan fingerprint density at radius 2 is 1.80 bits per heavy atom. The molecular weight excluding hydrogens is 376 g/mol. The Kier molecular flexibility index (Phi) is 5.79. The van der Waals surface area contributed by atoms with Crippen LogP contribution in [-0.2, 0) is 6.42 Å². The van der Waals surface area contributed by atoms with E-state index in [-0.39, 0.29) is 0 Å². The van der Waals surface area contributed by atoms with Crippen molar-refractivity contribution in [2.24, 2.45) is 0 Å². The van der Waals surface area contributed by atoms with E-state index in [0.717, 1.165) is 22.5 Å². The molecule has 0 aliphatic rings. The van der Waals surface area contributed by atoms with Gasteiger partial charge in [0.15, 0.2) is 5.82 Å². The van der Waals surface area contributed by atoms with Crippen LogP contribution < -0.4 is 4.74 Å². The molecule has 0 bridgehead atoms. The molecule has 2 aromatic carbocycles. The monoisotopic (exact) mass is 400 g/mol. The molecule has 4 aromatic rings. The second-order valence-corrected chi connectivity index (χ2v) is 7.39. The first-order valence-corrected chi connectivity index (χ1v) is 10.0. The highest BCUT2D eigenvalue weighted by Gasteiger charge is 2.13. The van der Waals surface area contributed by atoms with Gasteiger partial charge >= 0.3 is 0 Å². The average Bonchev–Trinajstić information content (AvgIpc) is 3.28. The van der Waals surface area contributed by atoms with Gasteiger partial charge < -0.3 is 4.74 Å². The van der Waals surface area contributed by atoms with E-state index in [2.05, 4.69) is 57.5 Å². The molecule has 2 aromatic heterocycles. The molecule has 30 heavy (non-hydrogen) atoms. The Bertz CT molecular complexity index is 1120. The zero-order valence-electron chi connectivity index (χ0n) is 17.4. The van der Waals surface area contributed by atoms with Crippen LogP contribution in [0.2, 0.25) is 0 Å². The van der Waals surface area contributed by atoms with Gasteiger partial charge in [0, 0.05) is 23.7 Å². The smallest absolute Gasteiger partial charge is 0.217 e. The number of nitrogens with zero attached hydrogens (tertiary/aromatic N) is 6. The molecule has 0 saturated heterocycles. The number of rotatable bonds is 7. The van der Waals surface area contributed by atoms with E-state index in [1.807, 2.05) is 43.3 Å². The van der Waals surface area contributed by atoms with Crippen molar-refractivity contribution >= 4 is 0 Å². The molecule has 4 rings (SSSR count). The lowest BCUT2D eigenvalue weighted by Crippen LogP contribution is -2.08. The third-order valence-electron chi connectivity index (χ3n) is 4.86. The minimum absolute atomic E-state index is 0.387. The Hall–Kier alpha value is -3.61. The SMILES string of the molecule is Cc1cc(OCCc2ccccc2-n2cnnn2)nc(-c2ccccc2C(C)C)n1. The lowest BCUT2D eigenvalue weighted by molar-refractivity contribution is 0.309. The van der Waals surface area contributed by atoms with Crippen LogP contribution in [0.1, 0.15) is 36.6 Å². The Labute approximate surface area is 175 Å². The standard InChI is InChI=1S/C23H24N6O/c1-16(2)19-9-5-6-10-20(19)23-25-17(3)14-22(26-23)30-13-12-18-8-4-7-11-21(18)29-15-24-27-28-29/h4-11,14-16H,12-13H2,1-3H3. The lowest BCUT2D eigenvalue weighted by Gasteiger charge is -2.13. The highest BCUT2D eigenvalue weighted by atomic mass is 16.5. The van der Waals surface area contributed by atoms with Crippen LogP contribution in [0.25, 0.3) is 17.1 Å². The molecule has 0 aliphatic heterocycles. The van der Waals surface area contributed by atoms with Gasteiger partial charge in [0.2, 0.25) is 5.88 Å². The summed E-state index contributed by atoms with van der Waals surface area (Å²) in [6.45, 7) is 6.80. The first-order valence-electron chi connectivity index (χ1n) is 10.0. The quantitative estimate of drug-likeness (QED) is 0.463. The van der Waals surface area contributed by atoms with E-state index in [9.17, 15) is 0 Å². The first kappa shape index (κ1) is 19.7. The van der Waals surface area contributed by atoms with Gasteiger partial charge in [0.1, 0.15) is 6.33 Å². The highest BCUT2D eigenvalue weighted by molar-refractivity contribution is 5.61. The molecule has 2 heterocycles. The van der Waals surface area contributed by atoms with Gasteiger partial charge in [-0.3, -0.25) is 0 Å². The summed E-state index contributed by atoms with van der Waals surface area (Å²) in [4.78, 5) is 9.32. The topological polar surface area (TPSA) is 78.6 Å². The fourth-order valence-electron chi connectivity index (χ4n) is 3.42. The van der Waals surface area contributed by atoms with Gasteiger partial charge in [0.25, 0.3) is 0 Å². The molecule has 0 radical (unpaired) electrons. The summed E-state index contributed by atoms with van der Waals surface area (Å²) < 4.78 is 7.67. The van der Waals surface area contributed by atoms with Crippen LogP contribution in [-0.4, -0.2) is 36.8 Å². The van der Waals surface area contributed by atoms with Gasteiger partial charge in [0.05, 0.1) is 12.3 Å². The summed E-state index contributed by atoms with van der Waals surface area (Å²) in [7, 11) is 0. The molecule has 0 N–H and O–H groups in total. The molecule has 0 unspecified atom stereocenters. The minimum Gasteiger partial charge on any atom is -0.477 e. The average molecular weight is 400 g/mol. The predicted octanol–water partition coefficient (Wildman–Crippen LogP) is 4.17. The molecule has 0 amide bonds. The van der Waals surface area contributed by atoms with Gasteiger partial charge in [-0.25, -0.2) is 9.67 Å². The molecule has 0 saturated carbocycles. The second kappa shape index (κ2) is 8.82. The fraction of sp³-hybridized carbons (Fsp3) is 0.261. The lowest BCUT2D eigenvalue weighted by atomic mass is 9.97. The van der Waals surface area contributed by atoms with E-state index in [4.69, 9.17) is 4.74 Å². The molecule has 0 aliphatic carbocycles. The minimum atomic E-state index is 0.387. The van der Waals surface area contributed by atoms with Crippen molar-refractivity contribution in [3.63, 3.8) is 0 Å². The molecule has 152 valence electrons. The van der Waals surface area contributed by atoms with Crippen molar-refractivity contribution in [1.29, 1.82) is 0 Å².